The molecule has 2 aromatic rings. The molecule has 1 aromatic heterocycles. The molecule has 1 N–H and O–H groups in total. The lowest BCUT2D eigenvalue weighted by Crippen LogP contribution is -2.20. The van der Waals surface area contributed by atoms with Crippen LogP contribution in [-0.4, -0.2) is 12.1 Å². The first-order chi connectivity index (χ1) is 9.35. The summed E-state index contributed by atoms with van der Waals surface area (Å²) >= 11 is 0. The van der Waals surface area contributed by atoms with Crippen molar-refractivity contribution in [1.29, 1.82) is 0 Å². The van der Waals surface area contributed by atoms with Crippen LogP contribution in [0.3, 0.4) is 0 Å². The fraction of sp³-hybridized carbons (Fsp3) is 0.312. The van der Waals surface area contributed by atoms with Crippen LogP contribution >= 0.6 is 0 Å². The molecular formula is C16H20N2O. The van der Waals surface area contributed by atoms with Crippen molar-refractivity contribution in [3.05, 3.63) is 59.8 Å². The minimum absolute atomic E-state index is 0.353. The zero-order valence-corrected chi connectivity index (χ0v) is 11.5. The number of hydrogen-bond donors (Lipinski definition) is 1. The van der Waals surface area contributed by atoms with Gasteiger partial charge in [0.1, 0.15) is 0 Å². The van der Waals surface area contributed by atoms with Crippen LogP contribution in [0.1, 0.15) is 30.5 Å². The molecule has 0 aliphatic heterocycles. The highest BCUT2D eigenvalue weighted by Gasteiger charge is 2.10. The van der Waals surface area contributed by atoms with E-state index in [4.69, 9.17) is 4.74 Å². The number of hydrogen-bond acceptors (Lipinski definition) is 3. The molecule has 19 heavy (non-hydrogen) atoms. The number of methoxy groups -OCH3 is 1. The van der Waals surface area contributed by atoms with Crippen molar-refractivity contribution in [1.82, 2.24) is 10.3 Å². The second-order valence-corrected chi connectivity index (χ2v) is 4.42. The number of ether oxygens (including phenoxy) is 1. The lowest BCUT2D eigenvalue weighted by molar-refractivity contribution is 0.388. The Labute approximate surface area is 114 Å². The SMILES string of the molecule is CCC(NCc1cccnc1OC)c1ccccc1. The zero-order chi connectivity index (χ0) is 13.5. The van der Waals surface area contributed by atoms with Gasteiger partial charge in [-0.3, -0.25) is 0 Å². The van der Waals surface area contributed by atoms with E-state index in [2.05, 4.69) is 41.5 Å². The maximum absolute atomic E-state index is 5.27. The summed E-state index contributed by atoms with van der Waals surface area (Å²) in [5.74, 6) is 0.693. The normalized spacial score (nSPS) is 12.1. The van der Waals surface area contributed by atoms with Gasteiger partial charge in [0.25, 0.3) is 0 Å². The van der Waals surface area contributed by atoms with E-state index in [1.165, 1.54) is 5.56 Å². The maximum Gasteiger partial charge on any atom is 0.217 e. The second-order valence-electron chi connectivity index (χ2n) is 4.42. The van der Waals surface area contributed by atoms with Crippen LogP contribution in [-0.2, 0) is 6.54 Å². The topological polar surface area (TPSA) is 34.2 Å². The first-order valence-electron chi connectivity index (χ1n) is 6.61. The van der Waals surface area contributed by atoms with Crippen molar-refractivity contribution >= 4 is 0 Å². The minimum atomic E-state index is 0.353. The molecule has 0 aliphatic rings. The molecule has 1 heterocycles. The van der Waals surface area contributed by atoms with Crippen molar-refractivity contribution in [3.63, 3.8) is 0 Å². The van der Waals surface area contributed by atoms with E-state index in [1.807, 2.05) is 18.2 Å². The van der Waals surface area contributed by atoms with Gasteiger partial charge in [-0.15, -0.1) is 0 Å². The van der Waals surface area contributed by atoms with E-state index in [9.17, 15) is 0 Å². The molecule has 0 saturated heterocycles. The summed E-state index contributed by atoms with van der Waals surface area (Å²) in [4.78, 5) is 4.21. The Morgan fingerprint density at radius 3 is 2.63 bits per heavy atom. The number of nitrogens with zero attached hydrogens (tertiary/aromatic N) is 1. The molecule has 1 unspecified atom stereocenters. The van der Waals surface area contributed by atoms with Crippen LogP contribution < -0.4 is 10.1 Å². The number of pyridine rings is 1. The van der Waals surface area contributed by atoms with Gasteiger partial charge in [0.2, 0.25) is 5.88 Å². The molecule has 2 rings (SSSR count). The Hall–Kier alpha value is -1.87. The lowest BCUT2D eigenvalue weighted by atomic mass is 10.0. The molecule has 0 radical (unpaired) electrons. The first-order valence-corrected chi connectivity index (χ1v) is 6.61. The predicted molar refractivity (Wildman–Crippen MR) is 77.1 cm³/mol. The Kier molecular flexibility index (Phi) is 4.93. The Bertz CT molecular complexity index is 499. The van der Waals surface area contributed by atoms with Gasteiger partial charge in [0.15, 0.2) is 0 Å². The Morgan fingerprint density at radius 2 is 1.95 bits per heavy atom. The molecule has 0 aliphatic carbocycles. The largest absolute Gasteiger partial charge is 0.481 e. The van der Waals surface area contributed by atoms with Crippen LogP contribution in [0.25, 0.3) is 0 Å². The summed E-state index contributed by atoms with van der Waals surface area (Å²) in [6, 6.07) is 14.8. The standard InChI is InChI=1S/C16H20N2O/c1-3-15(13-8-5-4-6-9-13)18-12-14-10-7-11-17-16(14)19-2/h4-11,15,18H,3,12H2,1-2H3. The first kappa shape index (κ1) is 13.6. The zero-order valence-electron chi connectivity index (χ0n) is 11.5. The summed E-state index contributed by atoms with van der Waals surface area (Å²) < 4.78 is 5.27. The minimum Gasteiger partial charge on any atom is -0.481 e. The highest BCUT2D eigenvalue weighted by Crippen LogP contribution is 2.19. The highest BCUT2D eigenvalue weighted by molar-refractivity contribution is 5.26. The van der Waals surface area contributed by atoms with Crippen molar-refractivity contribution < 1.29 is 4.74 Å². The smallest absolute Gasteiger partial charge is 0.217 e. The summed E-state index contributed by atoms with van der Waals surface area (Å²) in [5, 5.41) is 3.56. The third-order valence-corrected chi connectivity index (χ3v) is 3.19. The highest BCUT2D eigenvalue weighted by atomic mass is 16.5. The third-order valence-electron chi connectivity index (χ3n) is 3.19. The molecule has 0 amide bonds. The number of rotatable bonds is 6. The van der Waals surface area contributed by atoms with Crippen LogP contribution in [0.15, 0.2) is 48.7 Å². The lowest BCUT2D eigenvalue weighted by Gasteiger charge is -2.18. The van der Waals surface area contributed by atoms with Gasteiger partial charge in [-0.2, -0.15) is 0 Å². The van der Waals surface area contributed by atoms with Crippen LogP contribution in [0.2, 0.25) is 0 Å². The van der Waals surface area contributed by atoms with E-state index in [-0.39, 0.29) is 0 Å². The van der Waals surface area contributed by atoms with E-state index in [0.29, 0.717) is 11.9 Å². The van der Waals surface area contributed by atoms with Gasteiger partial charge in [0, 0.05) is 24.3 Å². The van der Waals surface area contributed by atoms with E-state index < -0.39 is 0 Å². The van der Waals surface area contributed by atoms with Crippen LogP contribution in [0.4, 0.5) is 0 Å². The average Bonchev–Trinajstić information content (AvgIpc) is 2.49. The quantitative estimate of drug-likeness (QED) is 0.860. The van der Waals surface area contributed by atoms with E-state index >= 15 is 0 Å². The average molecular weight is 256 g/mol. The Balaban J connectivity index is 2.04. The van der Waals surface area contributed by atoms with Crippen molar-refractivity contribution in [2.75, 3.05) is 7.11 Å². The summed E-state index contributed by atoms with van der Waals surface area (Å²) in [6.07, 6.45) is 2.80. The van der Waals surface area contributed by atoms with Crippen molar-refractivity contribution in [3.8, 4) is 5.88 Å². The molecule has 0 bridgehead atoms. The summed E-state index contributed by atoms with van der Waals surface area (Å²) in [5.41, 5.74) is 2.40. The van der Waals surface area contributed by atoms with Crippen LogP contribution in [0, 0.1) is 0 Å². The monoisotopic (exact) mass is 256 g/mol. The number of benzene rings is 1. The molecule has 3 heteroatoms. The molecular weight excluding hydrogens is 236 g/mol. The predicted octanol–water partition coefficient (Wildman–Crippen LogP) is 3.33. The fourth-order valence-electron chi connectivity index (χ4n) is 2.16. The van der Waals surface area contributed by atoms with Crippen molar-refractivity contribution in [2.45, 2.75) is 25.9 Å². The molecule has 1 atom stereocenters. The van der Waals surface area contributed by atoms with Gasteiger partial charge in [-0.25, -0.2) is 4.98 Å². The maximum atomic E-state index is 5.27. The van der Waals surface area contributed by atoms with Gasteiger partial charge >= 0.3 is 0 Å². The van der Waals surface area contributed by atoms with Gasteiger partial charge in [-0.05, 0) is 18.1 Å². The number of nitrogens with one attached hydrogen (secondary N) is 1. The van der Waals surface area contributed by atoms with Crippen molar-refractivity contribution in [2.24, 2.45) is 0 Å². The molecule has 3 nitrogen and oxygen atoms in total. The van der Waals surface area contributed by atoms with Gasteiger partial charge in [-0.1, -0.05) is 43.3 Å². The summed E-state index contributed by atoms with van der Waals surface area (Å²) in [7, 11) is 1.65. The third kappa shape index (κ3) is 3.55. The summed E-state index contributed by atoms with van der Waals surface area (Å²) in [6.45, 7) is 2.94. The number of aromatic nitrogens is 1. The van der Waals surface area contributed by atoms with E-state index in [1.54, 1.807) is 13.3 Å². The van der Waals surface area contributed by atoms with Gasteiger partial charge < -0.3 is 10.1 Å². The molecule has 0 saturated carbocycles. The van der Waals surface area contributed by atoms with E-state index in [0.717, 1.165) is 18.5 Å². The van der Waals surface area contributed by atoms with Gasteiger partial charge in [0.05, 0.1) is 7.11 Å². The molecule has 100 valence electrons. The fourth-order valence-corrected chi connectivity index (χ4v) is 2.16. The molecule has 1 aromatic carbocycles. The molecule has 0 fully saturated rings. The Morgan fingerprint density at radius 1 is 1.16 bits per heavy atom. The molecule has 0 spiro atoms. The second kappa shape index (κ2) is 6.90. The van der Waals surface area contributed by atoms with Crippen LogP contribution in [0.5, 0.6) is 5.88 Å².